The molecular formula is C5H11N6O+. The van der Waals surface area contributed by atoms with Gasteiger partial charge in [-0.15, -0.1) is 5.10 Å². The summed E-state index contributed by atoms with van der Waals surface area (Å²) in [7, 11) is 0. The van der Waals surface area contributed by atoms with Crippen molar-refractivity contribution >= 4 is 11.9 Å². The number of nitrogens with two attached hydrogens (primary N) is 1. The van der Waals surface area contributed by atoms with Gasteiger partial charge in [-0.05, 0) is 0 Å². The molecule has 0 aliphatic rings. The second-order valence-electron chi connectivity index (χ2n) is 2.15. The summed E-state index contributed by atoms with van der Waals surface area (Å²) in [5.74, 6) is -0.126. The van der Waals surface area contributed by atoms with E-state index in [1.807, 2.05) is 0 Å². The van der Waals surface area contributed by atoms with Crippen LogP contribution in [0.3, 0.4) is 0 Å². The van der Waals surface area contributed by atoms with Crippen LogP contribution < -0.4 is 16.8 Å². The van der Waals surface area contributed by atoms with Crippen molar-refractivity contribution < 1.29 is 10.5 Å². The molecule has 66 valence electrons. The number of H-pyrrole nitrogens is 1. The van der Waals surface area contributed by atoms with E-state index in [4.69, 9.17) is 5.73 Å². The standard InChI is InChI=1S/C5H10N6O/c6-1-2-8-4(12)3-9-5(7)11-10-3/h1-2,6H2,(H,8,12)(H3,7,9,10,11)/p+1. The topological polar surface area (TPSA) is 124 Å². The molecule has 0 bridgehead atoms. The number of rotatable bonds is 3. The largest absolute Gasteiger partial charge is 0.366 e. The lowest BCUT2D eigenvalue weighted by molar-refractivity contribution is -0.364. The summed E-state index contributed by atoms with van der Waals surface area (Å²) in [5.41, 5.74) is 8.77. The molecule has 7 nitrogen and oxygen atoms in total. The molecule has 0 saturated carbocycles. The molecule has 0 atom stereocenters. The fraction of sp³-hybridized carbons (Fsp3) is 0.400. The van der Waals surface area contributed by atoms with Crippen molar-refractivity contribution in [2.45, 2.75) is 0 Å². The zero-order valence-corrected chi connectivity index (χ0v) is 6.50. The van der Waals surface area contributed by atoms with E-state index in [-0.39, 0.29) is 17.7 Å². The molecule has 1 aromatic heterocycles. The van der Waals surface area contributed by atoms with Crippen LogP contribution in [0.4, 0.5) is 5.95 Å². The number of hydrogen-bond donors (Lipinski definition) is 4. The number of anilines is 1. The average molecular weight is 171 g/mol. The molecule has 1 heterocycles. The van der Waals surface area contributed by atoms with Crippen LogP contribution in [0.1, 0.15) is 10.6 Å². The Bertz CT molecular complexity index is 269. The second kappa shape index (κ2) is 3.67. The number of carbonyl (C=O) groups excluding carboxylic acids is 1. The number of nitrogens with one attached hydrogen (secondary N) is 2. The van der Waals surface area contributed by atoms with Crippen LogP contribution in [-0.4, -0.2) is 34.2 Å². The fourth-order valence-corrected chi connectivity index (χ4v) is 0.662. The zero-order chi connectivity index (χ0) is 8.97. The van der Waals surface area contributed by atoms with Crippen molar-refractivity contribution in [2.24, 2.45) is 0 Å². The van der Waals surface area contributed by atoms with E-state index in [9.17, 15) is 4.79 Å². The van der Waals surface area contributed by atoms with E-state index in [1.54, 1.807) is 0 Å². The van der Waals surface area contributed by atoms with Crippen molar-refractivity contribution in [3.63, 3.8) is 0 Å². The molecule has 12 heavy (non-hydrogen) atoms. The molecule has 0 saturated heterocycles. The van der Waals surface area contributed by atoms with Gasteiger partial charge in [0, 0.05) is 0 Å². The second-order valence-corrected chi connectivity index (χ2v) is 2.15. The van der Waals surface area contributed by atoms with Gasteiger partial charge in [-0.1, -0.05) is 0 Å². The van der Waals surface area contributed by atoms with Crippen LogP contribution in [0.15, 0.2) is 0 Å². The molecule has 0 aliphatic carbocycles. The molecule has 1 amide bonds. The molecular weight excluding hydrogens is 160 g/mol. The Hall–Kier alpha value is -1.63. The lowest BCUT2D eigenvalue weighted by Gasteiger charge is -1.96. The first-order valence-corrected chi connectivity index (χ1v) is 3.49. The van der Waals surface area contributed by atoms with E-state index in [0.29, 0.717) is 13.1 Å². The van der Waals surface area contributed by atoms with Gasteiger partial charge < -0.3 is 16.8 Å². The molecule has 0 aliphatic heterocycles. The number of aromatic nitrogens is 3. The molecule has 0 radical (unpaired) electrons. The van der Waals surface area contributed by atoms with Gasteiger partial charge in [-0.3, -0.25) is 9.89 Å². The van der Waals surface area contributed by atoms with Crippen LogP contribution in [0, 0.1) is 0 Å². The minimum atomic E-state index is -0.317. The zero-order valence-electron chi connectivity index (χ0n) is 6.50. The van der Waals surface area contributed by atoms with E-state index >= 15 is 0 Å². The van der Waals surface area contributed by atoms with E-state index in [2.05, 4.69) is 26.2 Å². The molecule has 1 rings (SSSR count). The third kappa shape index (κ3) is 1.92. The Kier molecular flexibility index (Phi) is 2.59. The van der Waals surface area contributed by atoms with E-state index in [1.165, 1.54) is 0 Å². The smallest absolute Gasteiger partial charge is 0.288 e. The van der Waals surface area contributed by atoms with Gasteiger partial charge in [-0.25, -0.2) is 0 Å². The van der Waals surface area contributed by atoms with Gasteiger partial charge in [-0.2, -0.15) is 4.98 Å². The third-order valence-corrected chi connectivity index (χ3v) is 1.18. The maximum atomic E-state index is 11.1. The van der Waals surface area contributed by atoms with Crippen LogP contribution in [0.25, 0.3) is 0 Å². The number of nitrogen functional groups attached to an aromatic ring is 1. The molecule has 7 N–H and O–H groups in total. The first-order valence-electron chi connectivity index (χ1n) is 3.49. The summed E-state index contributed by atoms with van der Waals surface area (Å²) >= 11 is 0. The predicted molar refractivity (Wildman–Crippen MR) is 40.9 cm³/mol. The number of amides is 1. The van der Waals surface area contributed by atoms with E-state index in [0.717, 1.165) is 0 Å². The van der Waals surface area contributed by atoms with Gasteiger partial charge in [0.15, 0.2) is 0 Å². The van der Waals surface area contributed by atoms with Crippen LogP contribution >= 0.6 is 0 Å². The molecule has 7 heteroatoms. The summed E-state index contributed by atoms with van der Waals surface area (Å²) in [4.78, 5) is 14.7. The predicted octanol–water partition coefficient (Wildman–Crippen LogP) is -2.64. The average Bonchev–Trinajstić information content (AvgIpc) is 2.47. The summed E-state index contributed by atoms with van der Waals surface area (Å²) in [6.07, 6.45) is 0. The highest BCUT2D eigenvalue weighted by Gasteiger charge is 2.08. The molecule has 0 aromatic carbocycles. The Morgan fingerprint density at radius 3 is 3.00 bits per heavy atom. The monoisotopic (exact) mass is 171 g/mol. The first kappa shape index (κ1) is 8.47. The summed E-state index contributed by atoms with van der Waals surface area (Å²) in [6, 6.07) is 0. The first-order chi connectivity index (χ1) is 5.74. The summed E-state index contributed by atoms with van der Waals surface area (Å²) in [5, 5.41) is 8.48. The number of carbonyl (C=O) groups is 1. The highest BCUT2D eigenvalue weighted by atomic mass is 16.2. The number of aromatic amines is 1. The van der Waals surface area contributed by atoms with Crippen molar-refractivity contribution in [1.29, 1.82) is 0 Å². The van der Waals surface area contributed by atoms with Crippen LogP contribution in [0.2, 0.25) is 0 Å². The molecule has 1 aromatic rings. The normalized spacial score (nSPS) is 9.75. The third-order valence-electron chi connectivity index (χ3n) is 1.18. The highest BCUT2D eigenvalue weighted by Crippen LogP contribution is 1.91. The number of quaternary nitrogens is 1. The molecule has 0 fully saturated rings. The Labute approximate surface area is 68.5 Å². The summed E-state index contributed by atoms with van der Waals surface area (Å²) < 4.78 is 0. The van der Waals surface area contributed by atoms with Gasteiger partial charge in [0.05, 0.1) is 13.1 Å². The molecule has 0 unspecified atom stereocenters. The Balaban J connectivity index is 2.53. The maximum absolute atomic E-state index is 11.1. The van der Waals surface area contributed by atoms with Gasteiger partial charge in [0.25, 0.3) is 5.91 Å². The molecule has 0 spiro atoms. The minimum absolute atomic E-state index is 0.0646. The lowest BCUT2D eigenvalue weighted by atomic mass is 10.5. The van der Waals surface area contributed by atoms with Crippen molar-refractivity contribution in [2.75, 3.05) is 18.8 Å². The number of nitrogens with zero attached hydrogens (tertiary/aromatic N) is 2. The maximum Gasteiger partial charge on any atom is 0.288 e. The van der Waals surface area contributed by atoms with Crippen molar-refractivity contribution in [1.82, 2.24) is 20.5 Å². The van der Waals surface area contributed by atoms with Crippen LogP contribution in [-0.2, 0) is 0 Å². The van der Waals surface area contributed by atoms with Gasteiger partial charge in [0.1, 0.15) is 0 Å². The Morgan fingerprint density at radius 1 is 1.75 bits per heavy atom. The van der Waals surface area contributed by atoms with Gasteiger partial charge >= 0.3 is 0 Å². The quantitative estimate of drug-likeness (QED) is 0.396. The SMILES string of the molecule is Nc1n[nH]c(C(=O)NCC[NH3+])n1. The van der Waals surface area contributed by atoms with Crippen LogP contribution in [0.5, 0.6) is 0 Å². The van der Waals surface area contributed by atoms with E-state index < -0.39 is 0 Å². The van der Waals surface area contributed by atoms with Crippen molar-refractivity contribution in [3.05, 3.63) is 5.82 Å². The van der Waals surface area contributed by atoms with Crippen molar-refractivity contribution in [3.8, 4) is 0 Å². The fourth-order valence-electron chi connectivity index (χ4n) is 0.662. The number of hydrogen-bond acceptors (Lipinski definition) is 4. The lowest BCUT2D eigenvalue weighted by Crippen LogP contribution is -2.54. The van der Waals surface area contributed by atoms with Gasteiger partial charge in [0.2, 0.25) is 11.8 Å². The summed E-state index contributed by atoms with van der Waals surface area (Å²) in [6.45, 7) is 1.15. The highest BCUT2D eigenvalue weighted by molar-refractivity contribution is 5.90. The Morgan fingerprint density at radius 2 is 2.50 bits per heavy atom. The minimum Gasteiger partial charge on any atom is -0.366 e.